The van der Waals surface area contributed by atoms with Gasteiger partial charge >= 0.3 is 0 Å². The van der Waals surface area contributed by atoms with Gasteiger partial charge in [-0.05, 0) is 52.9 Å². The van der Waals surface area contributed by atoms with Crippen LogP contribution in [0.4, 0.5) is 5.69 Å². The van der Waals surface area contributed by atoms with Gasteiger partial charge in [-0.2, -0.15) is 11.3 Å². The summed E-state index contributed by atoms with van der Waals surface area (Å²) in [6.45, 7) is 7.81. The van der Waals surface area contributed by atoms with Crippen molar-refractivity contribution >= 4 is 28.9 Å². The second-order valence-corrected chi connectivity index (χ2v) is 7.03. The van der Waals surface area contributed by atoms with Crippen molar-refractivity contribution in [2.45, 2.75) is 33.2 Å². The van der Waals surface area contributed by atoms with Gasteiger partial charge in [0, 0.05) is 20.0 Å². The molecular formula is C20H28N4O2S. The number of aliphatic imine (C=N–C) groups is 1. The number of benzene rings is 1. The van der Waals surface area contributed by atoms with Gasteiger partial charge < -0.3 is 20.7 Å². The minimum Gasteiger partial charge on any atom is -0.495 e. The number of hydrogen-bond acceptors (Lipinski definition) is 4. The summed E-state index contributed by atoms with van der Waals surface area (Å²) < 4.78 is 5.29. The number of carbonyl (C=O) groups is 1. The largest absolute Gasteiger partial charge is 0.495 e. The standard InChI is InChI=1S/C20H28N4O2S/c1-5-21-20(22-11-14(2)17-8-9-27-13-17)23-12-16-6-7-19(26-4)18(10-16)24-15(3)25/h6-10,13-14H,5,11-12H2,1-4H3,(H,24,25)(H2,21,22,23). The van der Waals surface area contributed by atoms with Gasteiger partial charge in [-0.3, -0.25) is 4.79 Å². The summed E-state index contributed by atoms with van der Waals surface area (Å²) in [7, 11) is 1.58. The van der Waals surface area contributed by atoms with Crippen molar-refractivity contribution in [3.05, 3.63) is 46.2 Å². The zero-order valence-electron chi connectivity index (χ0n) is 16.3. The van der Waals surface area contributed by atoms with Crippen LogP contribution in [-0.2, 0) is 11.3 Å². The average molecular weight is 389 g/mol. The lowest BCUT2D eigenvalue weighted by Crippen LogP contribution is -2.39. The van der Waals surface area contributed by atoms with Crippen LogP contribution in [0.15, 0.2) is 40.0 Å². The molecular weight excluding hydrogens is 360 g/mol. The fourth-order valence-electron chi connectivity index (χ4n) is 2.58. The van der Waals surface area contributed by atoms with Crippen LogP contribution in [0, 0.1) is 0 Å². The van der Waals surface area contributed by atoms with E-state index in [1.165, 1.54) is 12.5 Å². The normalized spacial score (nSPS) is 12.4. The Kier molecular flexibility index (Phi) is 8.13. The molecule has 2 aromatic rings. The first kappa shape index (κ1) is 20.8. The topological polar surface area (TPSA) is 74.8 Å². The first-order valence-electron chi connectivity index (χ1n) is 9.02. The summed E-state index contributed by atoms with van der Waals surface area (Å²) in [6, 6.07) is 7.84. The van der Waals surface area contributed by atoms with E-state index in [0.717, 1.165) is 24.6 Å². The van der Waals surface area contributed by atoms with Gasteiger partial charge in [0.15, 0.2) is 5.96 Å². The van der Waals surface area contributed by atoms with Crippen LogP contribution in [0.1, 0.15) is 37.8 Å². The minimum atomic E-state index is -0.133. The summed E-state index contributed by atoms with van der Waals surface area (Å²) in [5, 5.41) is 13.7. The monoisotopic (exact) mass is 388 g/mol. The van der Waals surface area contributed by atoms with Gasteiger partial charge in [-0.25, -0.2) is 4.99 Å². The summed E-state index contributed by atoms with van der Waals surface area (Å²) in [4.78, 5) is 16.0. The molecule has 1 heterocycles. The van der Waals surface area contributed by atoms with Gasteiger partial charge in [-0.15, -0.1) is 0 Å². The lowest BCUT2D eigenvalue weighted by atomic mass is 10.1. The van der Waals surface area contributed by atoms with Crippen LogP contribution in [0.2, 0.25) is 0 Å². The third-order valence-corrected chi connectivity index (χ3v) is 4.73. The summed E-state index contributed by atoms with van der Waals surface area (Å²) in [5.74, 6) is 1.68. The number of ether oxygens (including phenoxy) is 1. The van der Waals surface area contributed by atoms with Crippen LogP contribution in [0.25, 0.3) is 0 Å². The van der Waals surface area contributed by atoms with E-state index in [1.807, 2.05) is 25.1 Å². The molecule has 1 aromatic heterocycles. The predicted octanol–water partition coefficient (Wildman–Crippen LogP) is 3.57. The molecule has 0 aliphatic heterocycles. The summed E-state index contributed by atoms with van der Waals surface area (Å²) >= 11 is 1.71. The Morgan fingerprint density at radius 2 is 2.11 bits per heavy atom. The quantitative estimate of drug-likeness (QED) is 0.477. The lowest BCUT2D eigenvalue weighted by molar-refractivity contribution is -0.114. The van der Waals surface area contributed by atoms with E-state index in [2.05, 4.69) is 44.7 Å². The van der Waals surface area contributed by atoms with Crippen molar-refractivity contribution in [2.24, 2.45) is 4.99 Å². The van der Waals surface area contributed by atoms with E-state index >= 15 is 0 Å². The number of thiophene rings is 1. The molecule has 6 nitrogen and oxygen atoms in total. The van der Waals surface area contributed by atoms with Crippen molar-refractivity contribution in [2.75, 3.05) is 25.5 Å². The fraction of sp³-hybridized carbons (Fsp3) is 0.400. The van der Waals surface area contributed by atoms with Crippen LogP contribution < -0.4 is 20.7 Å². The van der Waals surface area contributed by atoms with Crippen LogP contribution in [0.3, 0.4) is 0 Å². The Hall–Kier alpha value is -2.54. The molecule has 1 amide bonds. The van der Waals surface area contributed by atoms with Gasteiger partial charge in [0.25, 0.3) is 0 Å². The van der Waals surface area contributed by atoms with Gasteiger partial charge in [0.1, 0.15) is 5.75 Å². The zero-order valence-corrected chi connectivity index (χ0v) is 17.2. The van der Waals surface area contributed by atoms with Crippen LogP contribution >= 0.6 is 11.3 Å². The minimum absolute atomic E-state index is 0.133. The number of nitrogens with one attached hydrogen (secondary N) is 3. The molecule has 0 fully saturated rings. The highest BCUT2D eigenvalue weighted by molar-refractivity contribution is 7.07. The third kappa shape index (κ3) is 6.60. The molecule has 0 aliphatic carbocycles. The highest BCUT2D eigenvalue weighted by atomic mass is 32.1. The molecule has 0 radical (unpaired) electrons. The van der Waals surface area contributed by atoms with Crippen LogP contribution in [-0.4, -0.2) is 32.1 Å². The van der Waals surface area contributed by atoms with E-state index in [0.29, 0.717) is 23.9 Å². The predicted molar refractivity (Wildman–Crippen MR) is 113 cm³/mol. The Balaban J connectivity index is 2.03. The maximum Gasteiger partial charge on any atom is 0.221 e. The molecule has 0 aliphatic rings. The first-order valence-corrected chi connectivity index (χ1v) is 9.96. The number of carbonyl (C=O) groups excluding carboxylic acids is 1. The smallest absolute Gasteiger partial charge is 0.221 e. The Morgan fingerprint density at radius 1 is 1.30 bits per heavy atom. The molecule has 0 saturated carbocycles. The van der Waals surface area contributed by atoms with E-state index in [1.54, 1.807) is 18.4 Å². The molecule has 0 saturated heterocycles. The molecule has 0 spiro atoms. The van der Waals surface area contributed by atoms with Crippen LogP contribution in [0.5, 0.6) is 5.75 Å². The second kappa shape index (κ2) is 10.6. The number of amides is 1. The molecule has 7 heteroatoms. The molecule has 2 rings (SSSR count). The highest BCUT2D eigenvalue weighted by Crippen LogP contribution is 2.25. The number of hydrogen-bond donors (Lipinski definition) is 3. The zero-order chi connectivity index (χ0) is 19.6. The molecule has 0 bridgehead atoms. The van der Waals surface area contributed by atoms with Crippen molar-refractivity contribution in [1.82, 2.24) is 10.6 Å². The molecule has 27 heavy (non-hydrogen) atoms. The van der Waals surface area contributed by atoms with Crippen molar-refractivity contribution in [3.8, 4) is 5.75 Å². The molecule has 1 atom stereocenters. The molecule has 1 unspecified atom stereocenters. The second-order valence-electron chi connectivity index (χ2n) is 6.25. The first-order chi connectivity index (χ1) is 13.0. The van der Waals surface area contributed by atoms with Crippen molar-refractivity contribution in [1.29, 1.82) is 0 Å². The van der Waals surface area contributed by atoms with Gasteiger partial charge in [-0.1, -0.05) is 13.0 Å². The highest BCUT2D eigenvalue weighted by Gasteiger charge is 2.08. The average Bonchev–Trinajstić information content (AvgIpc) is 3.18. The molecule has 146 valence electrons. The number of anilines is 1. The number of nitrogens with zero attached hydrogens (tertiary/aromatic N) is 1. The van der Waals surface area contributed by atoms with Crippen molar-refractivity contribution < 1.29 is 9.53 Å². The Labute approximate surface area is 165 Å². The van der Waals surface area contributed by atoms with Gasteiger partial charge in [0.05, 0.1) is 19.3 Å². The number of rotatable bonds is 8. The number of guanidine groups is 1. The lowest BCUT2D eigenvalue weighted by Gasteiger charge is -2.15. The maximum atomic E-state index is 11.4. The summed E-state index contributed by atoms with van der Waals surface area (Å²) in [5.41, 5.74) is 2.97. The molecule has 1 aromatic carbocycles. The SMILES string of the molecule is CCNC(=NCc1ccc(OC)c(NC(C)=O)c1)NCC(C)c1ccsc1. The number of methoxy groups -OCH3 is 1. The molecule has 3 N–H and O–H groups in total. The Morgan fingerprint density at radius 3 is 2.74 bits per heavy atom. The summed E-state index contributed by atoms with van der Waals surface area (Å²) in [6.07, 6.45) is 0. The van der Waals surface area contributed by atoms with Gasteiger partial charge in [0.2, 0.25) is 5.91 Å². The third-order valence-electron chi connectivity index (χ3n) is 4.03. The van der Waals surface area contributed by atoms with E-state index in [9.17, 15) is 4.79 Å². The van der Waals surface area contributed by atoms with E-state index < -0.39 is 0 Å². The maximum absolute atomic E-state index is 11.4. The van der Waals surface area contributed by atoms with Crippen molar-refractivity contribution in [3.63, 3.8) is 0 Å². The Bertz CT molecular complexity index is 759. The fourth-order valence-corrected chi connectivity index (χ4v) is 3.36. The van der Waals surface area contributed by atoms with E-state index in [-0.39, 0.29) is 5.91 Å². The van der Waals surface area contributed by atoms with E-state index in [4.69, 9.17) is 4.74 Å².